The van der Waals surface area contributed by atoms with Crippen LogP contribution in [0, 0.1) is 0 Å². The predicted octanol–water partition coefficient (Wildman–Crippen LogP) is 4.37. The molecule has 2 aliphatic rings. The monoisotopic (exact) mass is 386 g/mol. The number of benzene rings is 2. The highest BCUT2D eigenvalue weighted by molar-refractivity contribution is 6.46. The molecule has 0 unspecified atom stereocenters. The molecule has 6 heteroatoms. The molecule has 132 valence electrons. The van der Waals surface area contributed by atoms with E-state index in [-0.39, 0.29) is 11.8 Å². The molecule has 4 nitrogen and oxygen atoms in total. The van der Waals surface area contributed by atoms with Crippen LogP contribution in [0.15, 0.2) is 54.2 Å². The third-order valence-electron chi connectivity index (χ3n) is 4.65. The van der Waals surface area contributed by atoms with Crippen molar-refractivity contribution in [2.24, 2.45) is 0 Å². The highest BCUT2D eigenvalue weighted by Gasteiger charge is 2.43. The summed E-state index contributed by atoms with van der Waals surface area (Å²) in [6.07, 6.45) is 2.02. The molecule has 1 saturated heterocycles. The van der Waals surface area contributed by atoms with Crippen LogP contribution in [0.25, 0.3) is 5.57 Å². The maximum absolute atomic E-state index is 13.2. The van der Waals surface area contributed by atoms with E-state index in [0.717, 1.165) is 31.5 Å². The minimum atomic E-state index is -0.346. The van der Waals surface area contributed by atoms with Gasteiger partial charge in [0, 0.05) is 23.1 Å². The fourth-order valence-electron chi connectivity index (χ4n) is 3.52. The first-order chi connectivity index (χ1) is 12.6. The van der Waals surface area contributed by atoms with Crippen LogP contribution in [-0.4, -0.2) is 29.8 Å². The van der Waals surface area contributed by atoms with Gasteiger partial charge < -0.3 is 4.90 Å². The molecule has 2 amide bonds. The predicted molar refractivity (Wildman–Crippen MR) is 103 cm³/mol. The van der Waals surface area contributed by atoms with Gasteiger partial charge in [-0.05, 0) is 36.6 Å². The molecule has 1 fully saturated rings. The van der Waals surface area contributed by atoms with Gasteiger partial charge >= 0.3 is 0 Å². The lowest BCUT2D eigenvalue weighted by molar-refractivity contribution is -0.120. The Kier molecular flexibility index (Phi) is 4.47. The maximum Gasteiger partial charge on any atom is 0.282 e. The number of carbonyl (C=O) groups is 2. The van der Waals surface area contributed by atoms with Crippen molar-refractivity contribution in [2.45, 2.75) is 12.8 Å². The number of likely N-dealkylation sites (tertiary alicyclic amines) is 1. The average molecular weight is 387 g/mol. The summed E-state index contributed by atoms with van der Waals surface area (Å²) >= 11 is 12.2. The number of rotatable bonds is 3. The lowest BCUT2D eigenvalue weighted by Gasteiger charge is -2.20. The van der Waals surface area contributed by atoms with Crippen LogP contribution in [0.4, 0.5) is 5.69 Å². The van der Waals surface area contributed by atoms with Crippen LogP contribution < -0.4 is 4.90 Å². The van der Waals surface area contributed by atoms with Crippen LogP contribution in [-0.2, 0) is 9.59 Å². The first-order valence-corrected chi connectivity index (χ1v) is 9.21. The molecular weight excluding hydrogens is 371 g/mol. The van der Waals surface area contributed by atoms with Gasteiger partial charge in [0.05, 0.1) is 11.3 Å². The molecule has 0 bridgehead atoms. The summed E-state index contributed by atoms with van der Waals surface area (Å²) in [5.41, 5.74) is 2.03. The Balaban J connectivity index is 1.85. The van der Waals surface area contributed by atoms with Gasteiger partial charge in [-0.2, -0.15) is 0 Å². The zero-order valence-corrected chi connectivity index (χ0v) is 15.4. The number of halogens is 2. The van der Waals surface area contributed by atoms with Crippen molar-refractivity contribution >= 4 is 46.3 Å². The van der Waals surface area contributed by atoms with Gasteiger partial charge in [0.1, 0.15) is 5.70 Å². The lowest BCUT2D eigenvalue weighted by Crippen LogP contribution is -2.34. The molecule has 0 atom stereocenters. The van der Waals surface area contributed by atoms with Crippen LogP contribution in [0.5, 0.6) is 0 Å². The Bertz CT molecular complexity index is 898. The van der Waals surface area contributed by atoms with E-state index in [9.17, 15) is 9.59 Å². The Morgan fingerprint density at radius 2 is 1.42 bits per heavy atom. The standard InChI is InChI=1S/C20H16Cl2N2O2/c21-14-10-15(22)12-16(11-14)24-19(25)17(13-6-2-1-3-7-13)18(20(24)26)23-8-4-5-9-23/h1-3,6-7,10-12H,4-5,8-9H2. The van der Waals surface area contributed by atoms with E-state index in [1.165, 1.54) is 4.90 Å². The van der Waals surface area contributed by atoms with E-state index in [2.05, 4.69) is 0 Å². The number of carbonyl (C=O) groups excluding carboxylic acids is 2. The van der Waals surface area contributed by atoms with Gasteiger partial charge in [-0.1, -0.05) is 53.5 Å². The third-order valence-corrected chi connectivity index (χ3v) is 5.09. The summed E-state index contributed by atoms with van der Waals surface area (Å²) in [5, 5.41) is 0.757. The molecule has 0 N–H and O–H groups in total. The lowest BCUT2D eigenvalue weighted by atomic mass is 10.0. The Labute approximate surface area is 161 Å². The molecule has 0 aliphatic carbocycles. The smallest absolute Gasteiger partial charge is 0.282 e. The number of anilines is 1. The molecule has 2 aliphatic heterocycles. The number of hydrogen-bond donors (Lipinski definition) is 0. The zero-order chi connectivity index (χ0) is 18.3. The Morgan fingerprint density at radius 3 is 2.04 bits per heavy atom. The minimum absolute atomic E-state index is 0.325. The summed E-state index contributed by atoms with van der Waals surface area (Å²) in [7, 11) is 0. The van der Waals surface area contributed by atoms with Crippen molar-refractivity contribution in [3.8, 4) is 0 Å². The minimum Gasteiger partial charge on any atom is -0.366 e. The molecule has 2 aromatic rings. The van der Waals surface area contributed by atoms with Crippen molar-refractivity contribution in [3.05, 3.63) is 69.8 Å². The Morgan fingerprint density at radius 1 is 0.808 bits per heavy atom. The van der Waals surface area contributed by atoms with Gasteiger partial charge in [-0.3, -0.25) is 9.59 Å². The maximum atomic E-state index is 13.2. The molecule has 2 aromatic carbocycles. The SMILES string of the molecule is O=C1C(c2ccccc2)=C(N2CCCC2)C(=O)N1c1cc(Cl)cc(Cl)c1. The van der Waals surface area contributed by atoms with Gasteiger partial charge in [0.2, 0.25) is 0 Å². The molecule has 0 aromatic heterocycles. The second-order valence-electron chi connectivity index (χ2n) is 6.36. The van der Waals surface area contributed by atoms with Crippen LogP contribution >= 0.6 is 23.2 Å². The molecule has 4 rings (SSSR count). The van der Waals surface area contributed by atoms with Gasteiger partial charge in [-0.15, -0.1) is 0 Å². The number of nitrogens with zero attached hydrogens (tertiary/aromatic N) is 2. The fourth-order valence-corrected chi connectivity index (χ4v) is 4.03. The second kappa shape index (κ2) is 6.78. The highest BCUT2D eigenvalue weighted by Crippen LogP contribution is 2.37. The van der Waals surface area contributed by atoms with E-state index in [1.54, 1.807) is 18.2 Å². The number of imide groups is 1. The van der Waals surface area contributed by atoms with Gasteiger partial charge in [0.25, 0.3) is 11.8 Å². The molecule has 0 saturated carbocycles. The molecule has 0 radical (unpaired) electrons. The molecular formula is C20H16Cl2N2O2. The van der Waals surface area contributed by atoms with E-state index < -0.39 is 0 Å². The summed E-state index contributed by atoms with van der Waals surface area (Å²) < 4.78 is 0. The van der Waals surface area contributed by atoms with Crippen LogP contribution in [0.2, 0.25) is 10.0 Å². The van der Waals surface area contributed by atoms with Crippen molar-refractivity contribution in [2.75, 3.05) is 18.0 Å². The first kappa shape index (κ1) is 17.1. The van der Waals surface area contributed by atoms with Crippen molar-refractivity contribution in [1.82, 2.24) is 4.90 Å². The number of hydrogen-bond acceptors (Lipinski definition) is 3. The summed E-state index contributed by atoms with van der Waals surface area (Å²) in [6, 6.07) is 14.1. The van der Waals surface area contributed by atoms with Crippen LogP contribution in [0.1, 0.15) is 18.4 Å². The highest BCUT2D eigenvalue weighted by atomic mass is 35.5. The topological polar surface area (TPSA) is 40.6 Å². The van der Waals surface area contributed by atoms with E-state index in [4.69, 9.17) is 23.2 Å². The summed E-state index contributed by atoms with van der Waals surface area (Å²) in [5.74, 6) is -0.671. The van der Waals surface area contributed by atoms with E-state index in [1.807, 2.05) is 35.2 Å². The summed E-state index contributed by atoms with van der Waals surface area (Å²) in [6.45, 7) is 1.55. The van der Waals surface area contributed by atoms with Crippen LogP contribution in [0.3, 0.4) is 0 Å². The third kappa shape index (κ3) is 2.89. The normalized spacial score (nSPS) is 17.6. The fraction of sp³-hybridized carbons (Fsp3) is 0.200. The van der Waals surface area contributed by atoms with Crippen molar-refractivity contribution in [3.63, 3.8) is 0 Å². The van der Waals surface area contributed by atoms with Gasteiger partial charge in [-0.25, -0.2) is 4.90 Å². The summed E-state index contributed by atoms with van der Waals surface area (Å²) in [4.78, 5) is 29.7. The zero-order valence-electron chi connectivity index (χ0n) is 13.9. The first-order valence-electron chi connectivity index (χ1n) is 8.46. The number of amides is 2. The second-order valence-corrected chi connectivity index (χ2v) is 7.23. The average Bonchev–Trinajstić information content (AvgIpc) is 3.21. The molecule has 26 heavy (non-hydrogen) atoms. The molecule has 2 heterocycles. The van der Waals surface area contributed by atoms with Crippen molar-refractivity contribution in [1.29, 1.82) is 0 Å². The van der Waals surface area contributed by atoms with E-state index in [0.29, 0.717) is 27.0 Å². The quantitative estimate of drug-likeness (QED) is 0.735. The Hall–Kier alpha value is -2.30. The van der Waals surface area contributed by atoms with E-state index >= 15 is 0 Å². The van der Waals surface area contributed by atoms with Crippen molar-refractivity contribution < 1.29 is 9.59 Å². The molecule has 0 spiro atoms. The largest absolute Gasteiger partial charge is 0.366 e. The van der Waals surface area contributed by atoms with Gasteiger partial charge in [0.15, 0.2) is 0 Å².